The van der Waals surface area contributed by atoms with Crippen molar-refractivity contribution < 1.29 is 28.6 Å². The van der Waals surface area contributed by atoms with Gasteiger partial charge >= 0.3 is 5.97 Å². The molecule has 2 amide bonds. The molecule has 1 N–H and O–H groups in total. The number of carbonyl (C=O) groups is 3. The summed E-state index contributed by atoms with van der Waals surface area (Å²) >= 11 is 0. The van der Waals surface area contributed by atoms with E-state index in [9.17, 15) is 14.4 Å². The molecule has 0 unspecified atom stereocenters. The van der Waals surface area contributed by atoms with Gasteiger partial charge in [0.05, 0.1) is 19.7 Å². The van der Waals surface area contributed by atoms with Gasteiger partial charge in [0.25, 0.3) is 0 Å². The molecule has 8 nitrogen and oxygen atoms in total. The number of likely N-dealkylation sites (tertiary alicyclic amines) is 1. The van der Waals surface area contributed by atoms with Crippen LogP contribution in [0.5, 0.6) is 11.5 Å². The molecule has 1 aliphatic carbocycles. The van der Waals surface area contributed by atoms with Crippen molar-refractivity contribution in [2.75, 3.05) is 19.9 Å². The van der Waals surface area contributed by atoms with Gasteiger partial charge in [-0.05, 0) is 50.3 Å². The van der Waals surface area contributed by atoms with Crippen LogP contribution in [0.4, 0.5) is 0 Å². The highest BCUT2D eigenvalue weighted by atomic mass is 16.7. The second-order valence-electron chi connectivity index (χ2n) is 8.48. The molecule has 0 saturated carbocycles. The second-order valence-corrected chi connectivity index (χ2v) is 8.48. The molecule has 0 aromatic heterocycles. The van der Waals surface area contributed by atoms with Gasteiger partial charge in [-0.1, -0.05) is 18.1 Å². The Hall–Kier alpha value is -3.47. The lowest BCUT2D eigenvalue weighted by Gasteiger charge is -2.48. The minimum atomic E-state index is -0.949. The standard InChI is InChI=1S/C25H28N2O6/c1-3-11-26-22(28)13-18-14-25(24(30)31-4-2)10-6-5-7-21(25)27(23(18)29)15-17-8-9-19-20(12-17)33-16-32-19/h1,7-9,12,18H,4-6,10-11,13-16H2,2H3,(H,26,28)/t18-,25+/m1/s1. The number of nitrogens with one attached hydrogen (secondary N) is 1. The van der Waals surface area contributed by atoms with Gasteiger partial charge in [0, 0.05) is 18.0 Å². The van der Waals surface area contributed by atoms with Gasteiger partial charge in [0.2, 0.25) is 18.6 Å². The Labute approximate surface area is 193 Å². The fraction of sp³-hybridized carbons (Fsp3) is 0.480. The summed E-state index contributed by atoms with van der Waals surface area (Å²) in [5, 5.41) is 2.62. The summed E-state index contributed by atoms with van der Waals surface area (Å²) in [6, 6.07) is 5.53. The highest BCUT2D eigenvalue weighted by Crippen LogP contribution is 2.50. The maximum absolute atomic E-state index is 13.6. The van der Waals surface area contributed by atoms with Crippen molar-refractivity contribution >= 4 is 17.8 Å². The van der Waals surface area contributed by atoms with E-state index in [0.717, 1.165) is 18.4 Å². The normalized spacial score (nSPS) is 23.3. The molecule has 3 aliphatic rings. The van der Waals surface area contributed by atoms with Crippen LogP contribution in [0, 0.1) is 23.7 Å². The molecule has 33 heavy (non-hydrogen) atoms. The lowest BCUT2D eigenvalue weighted by atomic mass is 9.66. The number of esters is 1. The molecule has 0 spiro atoms. The van der Waals surface area contributed by atoms with Gasteiger partial charge in [0.1, 0.15) is 5.41 Å². The van der Waals surface area contributed by atoms with E-state index in [1.165, 1.54) is 0 Å². The quantitative estimate of drug-likeness (QED) is 0.505. The summed E-state index contributed by atoms with van der Waals surface area (Å²) in [6.45, 7) is 2.52. The first-order chi connectivity index (χ1) is 16.0. The average molecular weight is 453 g/mol. The molecule has 8 heteroatoms. The minimum absolute atomic E-state index is 0.0351. The lowest BCUT2D eigenvalue weighted by molar-refractivity contribution is -0.162. The molecule has 1 aromatic carbocycles. The third-order valence-corrected chi connectivity index (χ3v) is 6.40. The van der Waals surface area contributed by atoms with Crippen molar-refractivity contribution in [3.63, 3.8) is 0 Å². The molecule has 2 aliphatic heterocycles. The molecule has 174 valence electrons. The molecule has 1 fully saturated rings. The average Bonchev–Trinajstić information content (AvgIpc) is 3.28. The van der Waals surface area contributed by atoms with Crippen LogP contribution in [-0.2, 0) is 25.7 Å². The predicted molar refractivity (Wildman–Crippen MR) is 119 cm³/mol. The highest BCUT2D eigenvalue weighted by molar-refractivity contribution is 5.92. The molecule has 2 heterocycles. The van der Waals surface area contributed by atoms with Crippen LogP contribution in [0.1, 0.15) is 44.6 Å². The number of rotatable bonds is 7. The van der Waals surface area contributed by atoms with Gasteiger partial charge in [0.15, 0.2) is 11.5 Å². The van der Waals surface area contributed by atoms with Gasteiger partial charge in [-0.2, -0.15) is 0 Å². The number of benzene rings is 1. The van der Waals surface area contributed by atoms with Crippen molar-refractivity contribution in [3.05, 3.63) is 35.5 Å². The first-order valence-electron chi connectivity index (χ1n) is 11.3. The van der Waals surface area contributed by atoms with E-state index in [-0.39, 0.29) is 57.1 Å². The topological polar surface area (TPSA) is 94.2 Å². The predicted octanol–water partition coefficient (Wildman–Crippen LogP) is 2.52. The van der Waals surface area contributed by atoms with E-state index in [1.54, 1.807) is 11.8 Å². The van der Waals surface area contributed by atoms with Crippen LogP contribution >= 0.6 is 0 Å². The third kappa shape index (κ3) is 4.40. The number of ether oxygens (including phenoxy) is 3. The number of terminal acetylenes is 1. The van der Waals surface area contributed by atoms with E-state index >= 15 is 0 Å². The van der Waals surface area contributed by atoms with E-state index in [2.05, 4.69) is 11.2 Å². The number of amides is 2. The Bertz CT molecular complexity index is 1030. The third-order valence-electron chi connectivity index (χ3n) is 6.40. The van der Waals surface area contributed by atoms with Crippen molar-refractivity contribution in [2.24, 2.45) is 11.3 Å². The van der Waals surface area contributed by atoms with E-state index in [1.807, 2.05) is 24.3 Å². The molecular weight excluding hydrogens is 424 g/mol. The highest BCUT2D eigenvalue weighted by Gasteiger charge is 2.54. The zero-order chi connectivity index (χ0) is 23.4. The van der Waals surface area contributed by atoms with Crippen LogP contribution in [-0.4, -0.2) is 42.6 Å². The Kier molecular flexibility index (Phi) is 6.59. The zero-order valence-corrected chi connectivity index (χ0v) is 18.7. The van der Waals surface area contributed by atoms with Gasteiger partial charge in [-0.3, -0.25) is 14.4 Å². The smallest absolute Gasteiger partial charge is 0.318 e. The first kappa shape index (κ1) is 22.7. The van der Waals surface area contributed by atoms with Crippen molar-refractivity contribution in [1.29, 1.82) is 0 Å². The zero-order valence-electron chi connectivity index (χ0n) is 18.7. The maximum Gasteiger partial charge on any atom is 0.318 e. The number of hydrogen-bond donors (Lipinski definition) is 1. The van der Waals surface area contributed by atoms with Gasteiger partial charge < -0.3 is 24.4 Å². The maximum atomic E-state index is 13.6. The number of nitrogens with zero attached hydrogens (tertiary/aromatic N) is 1. The lowest BCUT2D eigenvalue weighted by Crippen LogP contribution is -2.54. The van der Waals surface area contributed by atoms with Crippen LogP contribution in [0.25, 0.3) is 0 Å². The Morgan fingerprint density at radius 1 is 1.33 bits per heavy atom. The van der Waals surface area contributed by atoms with Crippen molar-refractivity contribution in [2.45, 2.75) is 45.6 Å². The van der Waals surface area contributed by atoms with Gasteiger partial charge in [-0.15, -0.1) is 6.42 Å². The van der Waals surface area contributed by atoms with Crippen LogP contribution in [0.3, 0.4) is 0 Å². The minimum Gasteiger partial charge on any atom is -0.465 e. The Morgan fingerprint density at radius 3 is 2.94 bits per heavy atom. The van der Waals surface area contributed by atoms with E-state index < -0.39 is 11.3 Å². The molecule has 1 aromatic rings. The monoisotopic (exact) mass is 452 g/mol. The molecule has 0 bridgehead atoms. The summed E-state index contributed by atoms with van der Waals surface area (Å²) in [5.74, 6) is 2.15. The molecular formula is C25H28N2O6. The molecule has 2 atom stereocenters. The number of piperidine rings is 1. The molecule has 4 rings (SSSR count). The van der Waals surface area contributed by atoms with E-state index in [0.29, 0.717) is 23.6 Å². The van der Waals surface area contributed by atoms with Crippen molar-refractivity contribution in [1.82, 2.24) is 10.2 Å². The number of hydrogen-bond acceptors (Lipinski definition) is 6. The van der Waals surface area contributed by atoms with Crippen LogP contribution in [0.15, 0.2) is 30.0 Å². The Morgan fingerprint density at radius 2 is 2.15 bits per heavy atom. The summed E-state index contributed by atoms with van der Waals surface area (Å²) in [7, 11) is 0. The summed E-state index contributed by atoms with van der Waals surface area (Å²) in [6.07, 6.45) is 9.58. The van der Waals surface area contributed by atoms with Crippen LogP contribution in [0.2, 0.25) is 0 Å². The molecule has 0 radical (unpaired) electrons. The fourth-order valence-electron chi connectivity index (χ4n) is 4.94. The second kappa shape index (κ2) is 9.57. The van der Waals surface area contributed by atoms with Crippen molar-refractivity contribution in [3.8, 4) is 23.8 Å². The molecule has 1 saturated heterocycles. The van der Waals surface area contributed by atoms with Gasteiger partial charge in [-0.25, -0.2) is 0 Å². The summed E-state index contributed by atoms with van der Waals surface area (Å²) < 4.78 is 16.3. The van der Waals surface area contributed by atoms with Crippen LogP contribution < -0.4 is 14.8 Å². The summed E-state index contributed by atoms with van der Waals surface area (Å²) in [4.78, 5) is 40.9. The SMILES string of the molecule is C#CCNC(=O)C[C@@H]1C[C@@]2(C(=O)OCC)CCCC=C2N(Cc2ccc3c(c2)OCO3)C1=O. The van der Waals surface area contributed by atoms with E-state index in [4.69, 9.17) is 20.6 Å². The fourth-order valence-corrected chi connectivity index (χ4v) is 4.94. The summed E-state index contributed by atoms with van der Waals surface area (Å²) in [5.41, 5.74) is 0.569. The largest absolute Gasteiger partial charge is 0.465 e. The number of allylic oxidation sites excluding steroid dienone is 1. The number of carbonyl (C=O) groups excluding carboxylic acids is 3. The number of fused-ring (bicyclic) bond motifs is 2. The Balaban J connectivity index is 1.68. The first-order valence-corrected chi connectivity index (χ1v) is 11.3.